The minimum atomic E-state index is -0.812. The molecule has 17 heavy (non-hydrogen) atoms. The van der Waals surface area contributed by atoms with Crippen LogP contribution in [0.3, 0.4) is 0 Å². The first kappa shape index (κ1) is 11.6. The third kappa shape index (κ3) is 2.81. The largest absolute Gasteiger partial charge is 0.381 e. The predicted octanol–water partition coefficient (Wildman–Crippen LogP) is 3.89. The molecule has 0 radical (unpaired) electrons. The molecule has 1 nitrogen and oxygen atoms in total. The number of benzene rings is 2. The van der Waals surface area contributed by atoms with E-state index in [9.17, 15) is 8.78 Å². The molecular formula is C14H13F2N. The summed E-state index contributed by atoms with van der Waals surface area (Å²) in [6.07, 6.45) is 0. The molecule has 2 rings (SSSR count). The van der Waals surface area contributed by atoms with Gasteiger partial charge in [-0.25, -0.2) is 8.78 Å². The van der Waals surface area contributed by atoms with Crippen LogP contribution in [0.2, 0.25) is 0 Å². The van der Waals surface area contributed by atoms with Crippen molar-refractivity contribution in [2.24, 2.45) is 0 Å². The van der Waals surface area contributed by atoms with Gasteiger partial charge in [0.15, 0.2) is 11.6 Å². The summed E-state index contributed by atoms with van der Waals surface area (Å²) >= 11 is 0. The van der Waals surface area contributed by atoms with Crippen molar-refractivity contribution >= 4 is 5.69 Å². The Morgan fingerprint density at radius 1 is 1.06 bits per heavy atom. The van der Waals surface area contributed by atoms with E-state index in [1.807, 2.05) is 31.2 Å². The van der Waals surface area contributed by atoms with Crippen LogP contribution >= 0.6 is 0 Å². The second-order valence-electron chi connectivity index (χ2n) is 3.94. The first-order chi connectivity index (χ1) is 8.16. The lowest BCUT2D eigenvalue weighted by Gasteiger charge is -2.08. The van der Waals surface area contributed by atoms with Gasteiger partial charge in [0.25, 0.3) is 0 Å². The van der Waals surface area contributed by atoms with Gasteiger partial charge in [-0.2, -0.15) is 0 Å². The number of halogens is 2. The highest BCUT2D eigenvalue weighted by Crippen LogP contribution is 2.15. The minimum absolute atomic E-state index is 0.271. The zero-order chi connectivity index (χ0) is 12.3. The van der Waals surface area contributed by atoms with Gasteiger partial charge in [-0.3, -0.25) is 0 Å². The molecule has 3 heteroatoms. The van der Waals surface area contributed by atoms with E-state index in [4.69, 9.17) is 0 Å². The van der Waals surface area contributed by atoms with Crippen LogP contribution in [0.25, 0.3) is 0 Å². The maximum absolute atomic E-state index is 13.4. The number of hydrogen-bond acceptors (Lipinski definition) is 1. The summed E-state index contributed by atoms with van der Waals surface area (Å²) in [4.78, 5) is 0. The molecule has 0 unspecified atom stereocenters. The fourth-order valence-electron chi connectivity index (χ4n) is 1.64. The van der Waals surface area contributed by atoms with Gasteiger partial charge in [0.1, 0.15) is 0 Å². The van der Waals surface area contributed by atoms with Gasteiger partial charge in [0, 0.05) is 17.8 Å². The number of hydrogen-bond donors (Lipinski definition) is 1. The number of aryl methyl sites for hydroxylation is 1. The molecule has 2 aromatic carbocycles. The molecule has 2 aromatic rings. The topological polar surface area (TPSA) is 12.0 Å². The molecular weight excluding hydrogens is 220 g/mol. The van der Waals surface area contributed by atoms with Crippen LogP contribution in [0.15, 0.2) is 42.5 Å². The van der Waals surface area contributed by atoms with Crippen molar-refractivity contribution in [1.29, 1.82) is 0 Å². The second-order valence-corrected chi connectivity index (χ2v) is 3.94. The highest BCUT2D eigenvalue weighted by atomic mass is 19.2. The summed E-state index contributed by atoms with van der Waals surface area (Å²) < 4.78 is 26.3. The van der Waals surface area contributed by atoms with Crippen LogP contribution in [0.1, 0.15) is 11.1 Å². The van der Waals surface area contributed by atoms with E-state index in [2.05, 4.69) is 5.32 Å². The Hall–Kier alpha value is -1.90. The summed E-state index contributed by atoms with van der Waals surface area (Å²) in [6, 6.07) is 11.9. The fraction of sp³-hybridized carbons (Fsp3) is 0.143. The monoisotopic (exact) mass is 233 g/mol. The Bertz CT molecular complexity index is 523. The number of anilines is 1. The normalized spacial score (nSPS) is 10.3. The lowest BCUT2D eigenvalue weighted by molar-refractivity contribution is 0.500. The molecule has 0 saturated carbocycles. The van der Waals surface area contributed by atoms with E-state index >= 15 is 0 Å². The first-order valence-electron chi connectivity index (χ1n) is 5.40. The molecule has 0 bridgehead atoms. The number of nitrogens with one attached hydrogen (secondary N) is 1. The SMILES string of the molecule is Cc1cccc(NCc2cccc(F)c2F)c1. The molecule has 0 aliphatic carbocycles. The maximum Gasteiger partial charge on any atom is 0.163 e. The average Bonchev–Trinajstić information content (AvgIpc) is 2.31. The van der Waals surface area contributed by atoms with Crippen LogP contribution in [-0.2, 0) is 6.54 Å². The standard InChI is InChI=1S/C14H13F2N/c1-10-4-2-6-12(8-10)17-9-11-5-3-7-13(15)14(11)16/h2-8,17H,9H2,1H3. The van der Waals surface area contributed by atoms with Crippen molar-refractivity contribution < 1.29 is 8.78 Å². The zero-order valence-corrected chi connectivity index (χ0v) is 9.50. The molecule has 0 fully saturated rings. The van der Waals surface area contributed by atoms with Crippen molar-refractivity contribution in [3.8, 4) is 0 Å². The summed E-state index contributed by atoms with van der Waals surface area (Å²) in [5, 5.41) is 3.06. The van der Waals surface area contributed by atoms with Crippen LogP contribution in [0.5, 0.6) is 0 Å². The average molecular weight is 233 g/mol. The fourth-order valence-corrected chi connectivity index (χ4v) is 1.64. The van der Waals surface area contributed by atoms with Crippen molar-refractivity contribution in [2.75, 3.05) is 5.32 Å². The Balaban J connectivity index is 2.10. The van der Waals surface area contributed by atoms with E-state index in [1.54, 1.807) is 6.07 Å². The molecule has 88 valence electrons. The molecule has 0 aliphatic rings. The molecule has 0 heterocycles. The third-order valence-electron chi connectivity index (χ3n) is 2.53. The summed E-state index contributed by atoms with van der Waals surface area (Å²) in [5.41, 5.74) is 2.34. The Morgan fingerprint density at radius 2 is 1.82 bits per heavy atom. The smallest absolute Gasteiger partial charge is 0.163 e. The van der Waals surface area contributed by atoms with Crippen molar-refractivity contribution in [1.82, 2.24) is 0 Å². The van der Waals surface area contributed by atoms with E-state index in [-0.39, 0.29) is 6.54 Å². The van der Waals surface area contributed by atoms with Crippen LogP contribution < -0.4 is 5.32 Å². The first-order valence-corrected chi connectivity index (χ1v) is 5.40. The van der Waals surface area contributed by atoms with Gasteiger partial charge >= 0.3 is 0 Å². The molecule has 0 spiro atoms. The minimum Gasteiger partial charge on any atom is -0.381 e. The Kier molecular flexibility index (Phi) is 3.38. The van der Waals surface area contributed by atoms with Crippen LogP contribution in [0.4, 0.5) is 14.5 Å². The molecule has 0 aromatic heterocycles. The van der Waals surface area contributed by atoms with Gasteiger partial charge in [0.05, 0.1) is 0 Å². The summed E-state index contributed by atoms with van der Waals surface area (Å²) in [5.74, 6) is -1.60. The zero-order valence-electron chi connectivity index (χ0n) is 9.50. The van der Waals surface area contributed by atoms with Gasteiger partial charge in [-0.05, 0) is 30.7 Å². The molecule has 0 amide bonds. The molecule has 0 aliphatic heterocycles. The van der Waals surface area contributed by atoms with E-state index < -0.39 is 11.6 Å². The second kappa shape index (κ2) is 4.95. The van der Waals surface area contributed by atoms with E-state index in [0.717, 1.165) is 17.3 Å². The lowest BCUT2D eigenvalue weighted by atomic mass is 10.2. The van der Waals surface area contributed by atoms with Gasteiger partial charge in [-0.15, -0.1) is 0 Å². The quantitative estimate of drug-likeness (QED) is 0.848. The maximum atomic E-state index is 13.4. The summed E-state index contributed by atoms with van der Waals surface area (Å²) in [6.45, 7) is 2.25. The van der Waals surface area contributed by atoms with Crippen LogP contribution in [-0.4, -0.2) is 0 Å². The molecule has 1 N–H and O–H groups in total. The van der Waals surface area contributed by atoms with Gasteiger partial charge < -0.3 is 5.32 Å². The third-order valence-corrected chi connectivity index (χ3v) is 2.53. The number of rotatable bonds is 3. The van der Waals surface area contributed by atoms with E-state index in [1.165, 1.54) is 6.07 Å². The Labute approximate surface area is 99.1 Å². The highest BCUT2D eigenvalue weighted by Gasteiger charge is 2.06. The predicted molar refractivity (Wildman–Crippen MR) is 64.9 cm³/mol. The van der Waals surface area contributed by atoms with E-state index in [0.29, 0.717) is 5.56 Å². The van der Waals surface area contributed by atoms with Crippen molar-refractivity contribution in [3.63, 3.8) is 0 Å². The summed E-state index contributed by atoms with van der Waals surface area (Å²) in [7, 11) is 0. The Morgan fingerprint density at radius 3 is 2.59 bits per heavy atom. The van der Waals surface area contributed by atoms with Crippen molar-refractivity contribution in [3.05, 3.63) is 65.2 Å². The van der Waals surface area contributed by atoms with Gasteiger partial charge in [0.2, 0.25) is 0 Å². The lowest BCUT2D eigenvalue weighted by Crippen LogP contribution is -2.03. The van der Waals surface area contributed by atoms with Gasteiger partial charge in [-0.1, -0.05) is 24.3 Å². The molecule has 0 saturated heterocycles. The van der Waals surface area contributed by atoms with Crippen LogP contribution in [0, 0.1) is 18.6 Å². The molecule has 0 atom stereocenters. The van der Waals surface area contributed by atoms with Crippen molar-refractivity contribution in [2.45, 2.75) is 13.5 Å². The highest BCUT2D eigenvalue weighted by molar-refractivity contribution is 5.45.